The first kappa shape index (κ1) is 13.9. The Labute approximate surface area is 118 Å². The van der Waals surface area contributed by atoms with E-state index in [1.54, 1.807) is 29.2 Å². The number of aromatic hydroxyl groups is 1. The Hall–Kier alpha value is -2.49. The molecule has 3 N–H and O–H groups in total. The number of nitrogens with two attached hydrogens (primary N) is 1. The standard InChI is InChI=1S/C16H18N2O2/c1-2-18(15-9-4-3-8-14(15)17)16(20)11-12-6-5-7-13(19)10-12/h3-10,19H,2,11,17H2,1H3. The molecule has 0 unspecified atom stereocenters. The molecule has 0 aliphatic rings. The van der Waals surface area contributed by atoms with E-state index in [4.69, 9.17) is 5.73 Å². The number of amides is 1. The lowest BCUT2D eigenvalue weighted by Crippen LogP contribution is -2.32. The number of likely N-dealkylation sites (N-methyl/N-ethyl adjacent to an activating group) is 1. The number of carbonyl (C=O) groups excluding carboxylic acids is 1. The third-order valence-electron chi connectivity index (χ3n) is 3.11. The molecule has 0 radical (unpaired) electrons. The molecule has 20 heavy (non-hydrogen) atoms. The van der Waals surface area contributed by atoms with E-state index in [1.165, 1.54) is 0 Å². The van der Waals surface area contributed by atoms with E-state index < -0.39 is 0 Å². The first-order chi connectivity index (χ1) is 9.61. The average Bonchev–Trinajstić information content (AvgIpc) is 2.41. The molecule has 0 aliphatic carbocycles. The van der Waals surface area contributed by atoms with Gasteiger partial charge >= 0.3 is 0 Å². The minimum Gasteiger partial charge on any atom is -0.508 e. The highest BCUT2D eigenvalue weighted by Crippen LogP contribution is 2.23. The number of para-hydroxylation sites is 2. The number of benzene rings is 2. The number of phenols is 1. The maximum atomic E-state index is 12.4. The predicted octanol–water partition coefficient (Wildman–Crippen LogP) is 2.57. The number of nitrogen functional groups attached to an aromatic ring is 1. The van der Waals surface area contributed by atoms with Crippen LogP contribution in [0.1, 0.15) is 12.5 Å². The fourth-order valence-electron chi connectivity index (χ4n) is 2.15. The third-order valence-corrected chi connectivity index (χ3v) is 3.11. The molecule has 104 valence electrons. The second kappa shape index (κ2) is 6.10. The first-order valence-electron chi connectivity index (χ1n) is 6.54. The minimum atomic E-state index is -0.0454. The molecule has 1 amide bonds. The summed E-state index contributed by atoms with van der Waals surface area (Å²) in [5.74, 6) is 0.119. The van der Waals surface area contributed by atoms with Gasteiger partial charge in [0.2, 0.25) is 5.91 Å². The number of anilines is 2. The van der Waals surface area contributed by atoms with Gasteiger partial charge in [-0.3, -0.25) is 4.79 Å². The van der Waals surface area contributed by atoms with E-state index in [0.717, 1.165) is 11.3 Å². The lowest BCUT2D eigenvalue weighted by atomic mass is 10.1. The summed E-state index contributed by atoms with van der Waals surface area (Å²) in [4.78, 5) is 14.0. The molecule has 0 aromatic heterocycles. The smallest absolute Gasteiger partial charge is 0.231 e. The second-order valence-electron chi connectivity index (χ2n) is 4.54. The van der Waals surface area contributed by atoms with Crippen LogP contribution in [0.25, 0.3) is 0 Å². The van der Waals surface area contributed by atoms with Gasteiger partial charge in [0.25, 0.3) is 0 Å². The van der Waals surface area contributed by atoms with Crippen LogP contribution in [-0.4, -0.2) is 17.6 Å². The average molecular weight is 270 g/mol. The van der Waals surface area contributed by atoms with Crippen molar-refractivity contribution in [2.75, 3.05) is 17.2 Å². The molecule has 0 saturated carbocycles. The molecule has 0 heterocycles. The van der Waals surface area contributed by atoms with Gasteiger partial charge in [-0.1, -0.05) is 24.3 Å². The van der Waals surface area contributed by atoms with Gasteiger partial charge in [0.05, 0.1) is 17.8 Å². The predicted molar refractivity (Wildman–Crippen MR) is 80.7 cm³/mol. The van der Waals surface area contributed by atoms with Gasteiger partial charge in [-0.05, 0) is 36.8 Å². The maximum Gasteiger partial charge on any atom is 0.231 e. The molecule has 2 aromatic rings. The Bertz CT molecular complexity index is 611. The summed E-state index contributed by atoms with van der Waals surface area (Å²) in [7, 11) is 0. The van der Waals surface area contributed by atoms with Crippen LogP contribution in [0, 0.1) is 0 Å². The van der Waals surface area contributed by atoms with Crippen LogP contribution in [-0.2, 0) is 11.2 Å². The third kappa shape index (κ3) is 3.09. The Morgan fingerprint density at radius 2 is 1.95 bits per heavy atom. The number of hydrogen-bond acceptors (Lipinski definition) is 3. The van der Waals surface area contributed by atoms with Crippen molar-refractivity contribution < 1.29 is 9.90 Å². The molecule has 0 saturated heterocycles. The van der Waals surface area contributed by atoms with Crippen LogP contribution in [0.4, 0.5) is 11.4 Å². The van der Waals surface area contributed by atoms with Crippen molar-refractivity contribution in [2.45, 2.75) is 13.3 Å². The zero-order valence-electron chi connectivity index (χ0n) is 11.4. The van der Waals surface area contributed by atoms with Crippen molar-refractivity contribution >= 4 is 17.3 Å². The zero-order valence-corrected chi connectivity index (χ0v) is 11.4. The van der Waals surface area contributed by atoms with E-state index in [0.29, 0.717) is 12.2 Å². The van der Waals surface area contributed by atoms with Gasteiger partial charge in [-0.15, -0.1) is 0 Å². The number of phenolic OH excluding ortho intramolecular Hbond substituents is 1. The van der Waals surface area contributed by atoms with Gasteiger partial charge in [0.15, 0.2) is 0 Å². The quantitative estimate of drug-likeness (QED) is 0.839. The van der Waals surface area contributed by atoms with Gasteiger partial charge in [0.1, 0.15) is 5.75 Å². The molecule has 0 fully saturated rings. The number of rotatable bonds is 4. The van der Waals surface area contributed by atoms with E-state index in [9.17, 15) is 9.90 Å². The Morgan fingerprint density at radius 3 is 2.60 bits per heavy atom. The Morgan fingerprint density at radius 1 is 1.20 bits per heavy atom. The topological polar surface area (TPSA) is 66.6 Å². The van der Waals surface area contributed by atoms with Crippen LogP contribution >= 0.6 is 0 Å². The Kier molecular flexibility index (Phi) is 4.25. The minimum absolute atomic E-state index is 0.0454. The summed E-state index contributed by atoms with van der Waals surface area (Å²) in [5, 5.41) is 9.44. The molecule has 0 spiro atoms. The van der Waals surface area contributed by atoms with Crippen molar-refractivity contribution in [3.8, 4) is 5.75 Å². The number of hydrogen-bond donors (Lipinski definition) is 2. The van der Waals surface area contributed by atoms with Gasteiger partial charge in [-0.25, -0.2) is 0 Å². The summed E-state index contributed by atoms with van der Waals surface area (Å²) < 4.78 is 0. The first-order valence-corrected chi connectivity index (χ1v) is 6.54. The monoisotopic (exact) mass is 270 g/mol. The Balaban J connectivity index is 2.20. The molecule has 0 aliphatic heterocycles. The molecular weight excluding hydrogens is 252 g/mol. The van der Waals surface area contributed by atoms with Crippen LogP contribution in [0.5, 0.6) is 5.75 Å². The van der Waals surface area contributed by atoms with Crippen molar-refractivity contribution in [1.29, 1.82) is 0 Å². The van der Waals surface area contributed by atoms with Gasteiger partial charge in [-0.2, -0.15) is 0 Å². The molecule has 0 atom stereocenters. The van der Waals surface area contributed by atoms with Crippen molar-refractivity contribution in [3.05, 3.63) is 54.1 Å². The fraction of sp³-hybridized carbons (Fsp3) is 0.188. The normalized spacial score (nSPS) is 10.2. The van der Waals surface area contributed by atoms with Gasteiger partial charge in [0, 0.05) is 6.54 Å². The summed E-state index contributed by atoms with van der Waals surface area (Å²) >= 11 is 0. The highest BCUT2D eigenvalue weighted by Gasteiger charge is 2.16. The molecule has 2 aromatic carbocycles. The van der Waals surface area contributed by atoms with Crippen molar-refractivity contribution in [2.24, 2.45) is 0 Å². The lowest BCUT2D eigenvalue weighted by Gasteiger charge is -2.22. The number of nitrogens with zero attached hydrogens (tertiary/aromatic N) is 1. The fourth-order valence-corrected chi connectivity index (χ4v) is 2.15. The highest BCUT2D eigenvalue weighted by atomic mass is 16.3. The highest BCUT2D eigenvalue weighted by molar-refractivity contribution is 5.97. The summed E-state index contributed by atoms with van der Waals surface area (Å²) in [5.41, 5.74) is 8.00. The van der Waals surface area contributed by atoms with E-state index in [1.807, 2.05) is 31.2 Å². The molecular formula is C16H18N2O2. The molecule has 4 heteroatoms. The largest absolute Gasteiger partial charge is 0.508 e. The van der Waals surface area contributed by atoms with E-state index in [-0.39, 0.29) is 18.1 Å². The molecule has 0 bridgehead atoms. The number of carbonyl (C=O) groups is 1. The van der Waals surface area contributed by atoms with Crippen LogP contribution in [0.2, 0.25) is 0 Å². The zero-order chi connectivity index (χ0) is 14.5. The van der Waals surface area contributed by atoms with Gasteiger partial charge < -0.3 is 15.7 Å². The second-order valence-corrected chi connectivity index (χ2v) is 4.54. The summed E-state index contributed by atoms with van der Waals surface area (Å²) in [6.45, 7) is 2.46. The maximum absolute atomic E-state index is 12.4. The summed E-state index contributed by atoms with van der Waals surface area (Å²) in [6, 6.07) is 14.0. The molecule has 4 nitrogen and oxygen atoms in total. The van der Waals surface area contributed by atoms with E-state index >= 15 is 0 Å². The van der Waals surface area contributed by atoms with Crippen LogP contribution in [0.3, 0.4) is 0 Å². The van der Waals surface area contributed by atoms with Crippen LogP contribution in [0.15, 0.2) is 48.5 Å². The van der Waals surface area contributed by atoms with Crippen LogP contribution < -0.4 is 10.6 Å². The lowest BCUT2D eigenvalue weighted by molar-refractivity contribution is -0.117. The van der Waals surface area contributed by atoms with Crippen molar-refractivity contribution in [1.82, 2.24) is 0 Å². The molecule has 2 rings (SSSR count). The SMILES string of the molecule is CCN(C(=O)Cc1cccc(O)c1)c1ccccc1N. The summed E-state index contributed by atoms with van der Waals surface area (Å²) in [6.07, 6.45) is 0.233. The van der Waals surface area contributed by atoms with E-state index in [2.05, 4.69) is 0 Å². The van der Waals surface area contributed by atoms with Crippen molar-refractivity contribution in [3.63, 3.8) is 0 Å².